The third-order valence-corrected chi connectivity index (χ3v) is 3.25. The van der Waals surface area contributed by atoms with Crippen LogP contribution in [0.4, 0.5) is 13.2 Å². The molecule has 2 rings (SSSR count). The molecule has 0 radical (unpaired) electrons. The summed E-state index contributed by atoms with van der Waals surface area (Å²) in [6.45, 7) is 2.21. The molecule has 0 aliphatic rings. The molecule has 0 unspecified atom stereocenters. The van der Waals surface area contributed by atoms with Crippen molar-refractivity contribution in [3.8, 4) is 0 Å². The van der Waals surface area contributed by atoms with Gasteiger partial charge in [0.1, 0.15) is 0 Å². The molecule has 2 aromatic rings. The van der Waals surface area contributed by atoms with Crippen LogP contribution in [-0.4, -0.2) is 17.9 Å². The maximum absolute atomic E-state index is 13.2. The van der Waals surface area contributed by atoms with Crippen LogP contribution in [0.25, 0.3) is 0 Å². The highest BCUT2D eigenvalue weighted by molar-refractivity contribution is 5.94. The van der Waals surface area contributed by atoms with Gasteiger partial charge in [-0.3, -0.25) is 4.79 Å². The lowest BCUT2D eigenvalue weighted by Crippen LogP contribution is -2.27. The van der Waals surface area contributed by atoms with Gasteiger partial charge in [-0.15, -0.1) is 0 Å². The van der Waals surface area contributed by atoms with Gasteiger partial charge in [0, 0.05) is 19.2 Å². The summed E-state index contributed by atoms with van der Waals surface area (Å²) in [7, 11) is 1.52. The molecule has 0 spiro atoms. The van der Waals surface area contributed by atoms with Crippen LogP contribution < -0.4 is 0 Å². The van der Waals surface area contributed by atoms with Crippen molar-refractivity contribution in [2.75, 3.05) is 7.05 Å². The molecule has 0 bridgehead atoms. The lowest BCUT2D eigenvalue weighted by molar-refractivity contribution is 0.0783. The van der Waals surface area contributed by atoms with Crippen molar-refractivity contribution in [1.82, 2.24) is 4.90 Å². The number of halogens is 3. The normalized spacial score (nSPS) is 10.5. The minimum atomic E-state index is -1.58. The molecule has 2 nitrogen and oxygen atoms in total. The van der Waals surface area contributed by atoms with Gasteiger partial charge in [-0.25, -0.2) is 13.2 Å². The number of amides is 1. The first-order chi connectivity index (χ1) is 9.90. The Balaban J connectivity index is 2.22. The van der Waals surface area contributed by atoms with Crippen LogP contribution in [0.15, 0.2) is 36.4 Å². The Kier molecular flexibility index (Phi) is 4.31. The second-order valence-electron chi connectivity index (χ2n) is 4.84. The van der Waals surface area contributed by atoms with Crippen molar-refractivity contribution >= 4 is 5.91 Å². The SMILES string of the molecule is Cc1ccccc1CN(C)C(=O)c1cc(F)c(F)c(F)c1. The monoisotopic (exact) mass is 293 g/mol. The maximum Gasteiger partial charge on any atom is 0.254 e. The standard InChI is InChI=1S/C16H14F3NO/c1-10-5-3-4-6-11(10)9-20(2)16(21)12-7-13(17)15(19)14(18)8-12/h3-8H,9H2,1-2H3. The van der Waals surface area contributed by atoms with Crippen LogP contribution in [-0.2, 0) is 6.54 Å². The molecule has 0 aliphatic carbocycles. The first-order valence-corrected chi connectivity index (χ1v) is 6.34. The average molecular weight is 293 g/mol. The number of rotatable bonds is 3. The predicted molar refractivity (Wildman–Crippen MR) is 73.3 cm³/mol. The summed E-state index contributed by atoms with van der Waals surface area (Å²) in [6.07, 6.45) is 0. The lowest BCUT2D eigenvalue weighted by atomic mass is 10.1. The fourth-order valence-electron chi connectivity index (χ4n) is 2.01. The molecule has 0 heterocycles. The minimum Gasteiger partial charge on any atom is -0.337 e. The van der Waals surface area contributed by atoms with Crippen molar-refractivity contribution in [1.29, 1.82) is 0 Å². The van der Waals surface area contributed by atoms with Crippen LogP contribution in [0.3, 0.4) is 0 Å². The van der Waals surface area contributed by atoms with E-state index in [4.69, 9.17) is 0 Å². The van der Waals surface area contributed by atoms with Gasteiger partial charge < -0.3 is 4.90 Å². The molecule has 2 aromatic carbocycles. The smallest absolute Gasteiger partial charge is 0.254 e. The fraction of sp³-hybridized carbons (Fsp3) is 0.188. The van der Waals surface area contributed by atoms with Gasteiger partial charge in [0.15, 0.2) is 17.5 Å². The lowest BCUT2D eigenvalue weighted by Gasteiger charge is -2.18. The highest BCUT2D eigenvalue weighted by Crippen LogP contribution is 2.16. The van der Waals surface area contributed by atoms with Crippen molar-refractivity contribution in [3.63, 3.8) is 0 Å². The van der Waals surface area contributed by atoms with Gasteiger partial charge in [-0.05, 0) is 30.2 Å². The number of benzene rings is 2. The molecule has 21 heavy (non-hydrogen) atoms. The first kappa shape index (κ1) is 15.1. The molecule has 0 atom stereocenters. The molecule has 0 fully saturated rings. The van der Waals surface area contributed by atoms with Crippen LogP contribution in [0, 0.1) is 24.4 Å². The molecule has 5 heteroatoms. The molecule has 1 amide bonds. The van der Waals surface area contributed by atoms with E-state index in [2.05, 4.69) is 0 Å². The molecular formula is C16H14F3NO. The average Bonchev–Trinajstić information content (AvgIpc) is 2.45. The highest BCUT2D eigenvalue weighted by Gasteiger charge is 2.18. The summed E-state index contributed by atoms with van der Waals surface area (Å²) in [5.41, 5.74) is 1.72. The molecule has 0 saturated carbocycles. The summed E-state index contributed by atoms with van der Waals surface area (Å²) in [5.74, 6) is -4.89. The Morgan fingerprint density at radius 2 is 1.67 bits per heavy atom. The summed E-state index contributed by atoms with van der Waals surface area (Å²) in [4.78, 5) is 13.5. The molecule has 0 aromatic heterocycles. The Hall–Kier alpha value is -2.30. The van der Waals surface area contributed by atoms with E-state index in [1.54, 1.807) is 0 Å². The van der Waals surface area contributed by atoms with E-state index < -0.39 is 23.4 Å². The van der Waals surface area contributed by atoms with Crippen LogP contribution in [0.2, 0.25) is 0 Å². The number of hydrogen-bond donors (Lipinski definition) is 0. The summed E-state index contributed by atoms with van der Waals surface area (Å²) in [6, 6.07) is 8.91. The van der Waals surface area contributed by atoms with Crippen molar-refractivity contribution in [2.24, 2.45) is 0 Å². The quantitative estimate of drug-likeness (QED) is 0.790. The van der Waals surface area contributed by atoms with Gasteiger partial charge in [0.05, 0.1) is 0 Å². The minimum absolute atomic E-state index is 0.220. The number of nitrogens with zero attached hydrogens (tertiary/aromatic N) is 1. The summed E-state index contributed by atoms with van der Waals surface area (Å²) < 4.78 is 39.2. The third kappa shape index (κ3) is 3.24. The van der Waals surface area contributed by atoms with E-state index in [0.717, 1.165) is 11.1 Å². The zero-order chi connectivity index (χ0) is 15.6. The maximum atomic E-state index is 13.2. The van der Waals surface area contributed by atoms with Gasteiger partial charge in [0.2, 0.25) is 0 Å². The summed E-state index contributed by atoms with van der Waals surface area (Å²) in [5, 5.41) is 0. The van der Waals surface area contributed by atoms with Gasteiger partial charge in [0.25, 0.3) is 5.91 Å². The van der Waals surface area contributed by atoms with E-state index in [9.17, 15) is 18.0 Å². The van der Waals surface area contributed by atoms with E-state index in [1.807, 2.05) is 31.2 Å². The van der Waals surface area contributed by atoms with Gasteiger partial charge in [-0.2, -0.15) is 0 Å². The largest absolute Gasteiger partial charge is 0.337 e. The molecule has 110 valence electrons. The third-order valence-electron chi connectivity index (χ3n) is 3.25. The second-order valence-corrected chi connectivity index (χ2v) is 4.84. The van der Waals surface area contributed by atoms with Crippen LogP contribution >= 0.6 is 0 Å². The van der Waals surface area contributed by atoms with E-state index >= 15 is 0 Å². The zero-order valence-electron chi connectivity index (χ0n) is 11.7. The molecular weight excluding hydrogens is 279 g/mol. The number of aryl methyl sites for hydroxylation is 1. The van der Waals surface area contributed by atoms with E-state index in [-0.39, 0.29) is 5.56 Å². The second kappa shape index (κ2) is 5.99. The summed E-state index contributed by atoms with van der Waals surface area (Å²) >= 11 is 0. The fourth-order valence-corrected chi connectivity index (χ4v) is 2.01. The van der Waals surface area contributed by atoms with Crippen LogP contribution in [0.5, 0.6) is 0 Å². The Labute approximate surface area is 120 Å². The van der Waals surface area contributed by atoms with Crippen molar-refractivity contribution < 1.29 is 18.0 Å². The highest BCUT2D eigenvalue weighted by atomic mass is 19.2. The topological polar surface area (TPSA) is 20.3 Å². The Morgan fingerprint density at radius 1 is 1.10 bits per heavy atom. The zero-order valence-corrected chi connectivity index (χ0v) is 11.7. The van der Waals surface area contributed by atoms with Gasteiger partial charge in [-0.1, -0.05) is 24.3 Å². The number of carbonyl (C=O) groups excluding carboxylic acids is 1. The van der Waals surface area contributed by atoms with Crippen molar-refractivity contribution in [2.45, 2.75) is 13.5 Å². The molecule has 0 N–H and O–H groups in total. The van der Waals surface area contributed by atoms with Gasteiger partial charge >= 0.3 is 0 Å². The first-order valence-electron chi connectivity index (χ1n) is 6.34. The molecule has 0 aliphatic heterocycles. The predicted octanol–water partition coefficient (Wildman–Crippen LogP) is 3.68. The van der Waals surface area contributed by atoms with Crippen molar-refractivity contribution in [3.05, 3.63) is 70.5 Å². The number of carbonyl (C=O) groups is 1. The Morgan fingerprint density at radius 3 is 2.24 bits per heavy atom. The van der Waals surface area contributed by atoms with E-state index in [1.165, 1.54) is 11.9 Å². The number of hydrogen-bond acceptors (Lipinski definition) is 1. The molecule has 0 saturated heterocycles. The van der Waals surface area contributed by atoms with E-state index in [0.29, 0.717) is 18.7 Å². The van der Waals surface area contributed by atoms with Crippen LogP contribution in [0.1, 0.15) is 21.5 Å². The Bertz CT molecular complexity index is 662.